The summed E-state index contributed by atoms with van der Waals surface area (Å²) < 4.78 is 4.99. The lowest BCUT2D eigenvalue weighted by atomic mass is 9.97. The first kappa shape index (κ1) is 16.4. The summed E-state index contributed by atoms with van der Waals surface area (Å²) in [5.41, 5.74) is 6.84. The van der Waals surface area contributed by atoms with E-state index in [0.29, 0.717) is 19.7 Å². The van der Waals surface area contributed by atoms with E-state index in [9.17, 15) is 9.59 Å². The number of carbonyl (C=O) groups is 2. The number of rotatable bonds is 7. The summed E-state index contributed by atoms with van der Waals surface area (Å²) in [6.07, 6.45) is 1.73. The number of H-pyrrole nitrogens is 1. The van der Waals surface area contributed by atoms with Gasteiger partial charge in [0, 0.05) is 13.7 Å². The van der Waals surface area contributed by atoms with Crippen LogP contribution in [0.4, 0.5) is 0 Å². The zero-order chi connectivity index (χ0) is 15.9. The Labute approximate surface area is 129 Å². The predicted octanol–water partition coefficient (Wildman–Crippen LogP) is -0.630. The maximum Gasteiger partial charge on any atom is 0.231 e. The highest BCUT2D eigenvalue weighted by atomic mass is 16.5. The van der Waals surface area contributed by atoms with Crippen molar-refractivity contribution >= 4 is 11.8 Å². The Kier molecular flexibility index (Phi) is 5.91. The molecule has 4 N–H and O–H groups in total. The third kappa shape index (κ3) is 4.81. The summed E-state index contributed by atoms with van der Waals surface area (Å²) in [6.45, 7) is 2.45. The van der Waals surface area contributed by atoms with Gasteiger partial charge in [-0.3, -0.25) is 19.6 Å². The molecule has 0 saturated carbocycles. The molecule has 1 aliphatic heterocycles. The Balaban J connectivity index is 1.79. The Morgan fingerprint density at radius 1 is 1.59 bits per heavy atom. The number of nitrogens with zero attached hydrogens (tertiary/aromatic N) is 2. The van der Waals surface area contributed by atoms with E-state index in [1.165, 1.54) is 0 Å². The molecule has 1 aliphatic rings. The first-order valence-corrected chi connectivity index (χ1v) is 7.39. The van der Waals surface area contributed by atoms with Crippen molar-refractivity contribution in [2.45, 2.75) is 26.0 Å². The third-order valence-electron chi connectivity index (χ3n) is 3.68. The summed E-state index contributed by atoms with van der Waals surface area (Å²) in [4.78, 5) is 25.1. The number of hydrogen-bond acceptors (Lipinski definition) is 5. The second kappa shape index (κ2) is 7.90. The van der Waals surface area contributed by atoms with Crippen LogP contribution in [0.3, 0.4) is 0 Å². The molecule has 0 radical (unpaired) electrons. The largest absolute Gasteiger partial charge is 0.378 e. The number of ether oxygens (including phenoxy) is 1. The van der Waals surface area contributed by atoms with Gasteiger partial charge in [0.15, 0.2) is 0 Å². The molecule has 0 aromatic carbocycles. The molecule has 1 atom stereocenters. The Bertz CT molecular complexity index is 516. The van der Waals surface area contributed by atoms with E-state index in [4.69, 9.17) is 10.5 Å². The van der Waals surface area contributed by atoms with Crippen LogP contribution in [0.1, 0.15) is 24.2 Å². The molecule has 1 fully saturated rings. The van der Waals surface area contributed by atoms with Crippen molar-refractivity contribution in [3.05, 3.63) is 17.5 Å². The molecule has 0 aliphatic carbocycles. The molecule has 1 aromatic heterocycles. The summed E-state index contributed by atoms with van der Waals surface area (Å²) in [6, 6.07) is 1.87. The van der Waals surface area contributed by atoms with Crippen molar-refractivity contribution in [1.29, 1.82) is 0 Å². The molecule has 0 spiro atoms. The minimum Gasteiger partial charge on any atom is -0.378 e. The van der Waals surface area contributed by atoms with Gasteiger partial charge in [-0.15, -0.1) is 0 Å². The molecular formula is C14H23N5O3. The first-order valence-electron chi connectivity index (χ1n) is 7.39. The molecule has 22 heavy (non-hydrogen) atoms. The zero-order valence-electron chi connectivity index (χ0n) is 12.8. The zero-order valence-corrected chi connectivity index (χ0v) is 12.8. The van der Waals surface area contributed by atoms with Crippen molar-refractivity contribution in [3.63, 3.8) is 0 Å². The number of hydrogen-bond donors (Lipinski definition) is 3. The number of carbonyl (C=O) groups excluding carboxylic acids is 2. The summed E-state index contributed by atoms with van der Waals surface area (Å²) in [5.74, 6) is -0.462. The topological polar surface area (TPSA) is 113 Å². The molecule has 2 rings (SSSR count). The van der Waals surface area contributed by atoms with Crippen LogP contribution < -0.4 is 11.1 Å². The van der Waals surface area contributed by atoms with Gasteiger partial charge in [0.1, 0.15) is 0 Å². The van der Waals surface area contributed by atoms with Crippen LogP contribution in [0, 0.1) is 5.92 Å². The van der Waals surface area contributed by atoms with Crippen LogP contribution in [0.2, 0.25) is 0 Å². The van der Waals surface area contributed by atoms with Gasteiger partial charge < -0.3 is 15.8 Å². The lowest BCUT2D eigenvalue weighted by molar-refractivity contribution is -0.128. The lowest BCUT2D eigenvalue weighted by Crippen LogP contribution is -2.45. The maximum absolute atomic E-state index is 12.2. The molecule has 0 bridgehead atoms. The van der Waals surface area contributed by atoms with E-state index >= 15 is 0 Å². The van der Waals surface area contributed by atoms with E-state index in [-0.39, 0.29) is 24.3 Å². The van der Waals surface area contributed by atoms with E-state index in [1.807, 2.05) is 11.0 Å². The van der Waals surface area contributed by atoms with Crippen LogP contribution in [0.5, 0.6) is 0 Å². The van der Waals surface area contributed by atoms with Crippen LogP contribution in [0.25, 0.3) is 0 Å². The summed E-state index contributed by atoms with van der Waals surface area (Å²) >= 11 is 0. The highest BCUT2D eigenvalue weighted by Crippen LogP contribution is 2.16. The summed E-state index contributed by atoms with van der Waals surface area (Å²) in [5, 5.41) is 9.85. The number of likely N-dealkylation sites (tertiary alicyclic amines) is 1. The number of methoxy groups -OCH3 is 1. The number of primary amides is 1. The third-order valence-corrected chi connectivity index (χ3v) is 3.68. The van der Waals surface area contributed by atoms with Crippen LogP contribution in [0.15, 0.2) is 6.07 Å². The normalized spacial score (nSPS) is 19.0. The number of aromatic nitrogens is 2. The van der Waals surface area contributed by atoms with Crippen molar-refractivity contribution in [3.8, 4) is 0 Å². The Morgan fingerprint density at radius 3 is 3.14 bits per heavy atom. The molecule has 8 nitrogen and oxygen atoms in total. The minimum absolute atomic E-state index is 0.00272. The molecule has 1 unspecified atom stereocenters. The van der Waals surface area contributed by atoms with Gasteiger partial charge in [0.05, 0.1) is 37.0 Å². The fraction of sp³-hybridized carbons (Fsp3) is 0.643. The van der Waals surface area contributed by atoms with Crippen molar-refractivity contribution < 1.29 is 14.3 Å². The average Bonchev–Trinajstić information content (AvgIpc) is 2.92. The highest BCUT2D eigenvalue weighted by molar-refractivity contribution is 5.79. The van der Waals surface area contributed by atoms with Crippen LogP contribution >= 0.6 is 0 Å². The van der Waals surface area contributed by atoms with Crippen molar-refractivity contribution in [2.24, 2.45) is 11.7 Å². The van der Waals surface area contributed by atoms with Crippen molar-refractivity contribution in [1.82, 2.24) is 20.4 Å². The second-order valence-corrected chi connectivity index (χ2v) is 5.58. The van der Waals surface area contributed by atoms with Gasteiger partial charge >= 0.3 is 0 Å². The number of nitrogens with one attached hydrogen (secondary N) is 2. The highest BCUT2D eigenvalue weighted by Gasteiger charge is 2.26. The maximum atomic E-state index is 12.2. The van der Waals surface area contributed by atoms with E-state index < -0.39 is 0 Å². The molecule has 122 valence electrons. The summed E-state index contributed by atoms with van der Waals surface area (Å²) in [7, 11) is 1.61. The van der Waals surface area contributed by atoms with Gasteiger partial charge in [-0.2, -0.15) is 5.10 Å². The Morgan fingerprint density at radius 2 is 2.41 bits per heavy atom. The first-order chi connectivity index (χ1) is 10.6. The average molecular weight is 309 g/mol. The van der Waals surface area contributed by atoms with Gasteiger partial charge in [-0.05, 0) is 25.5 Å². The number of aromatic amines is 1. The van der Waals surface area contributed by atoms with Gasteiger partial charge in [-0.1, -0.05) is 0 Å². The SMILES string of the molecule is COCc1cc(CNC(=O)C2CCCN(CC(N)=O)C2)[nH]n1. The lowest BCUT2D eigenvalue weighted by Gasteiger charge is -2.30. The predicted molar refractivity (Wildman–Crippen MR) is 79.5 cm³/mol. The van der Waals surface area contributed by atoms with Gasteiger partial charge in [-0.25, -0.2) is 0 Å². The standard InChI is InChI=1S/C14H23N5O3/c1-22-9-12-5-11(17-18-12)6-16-14(21)10-3-2-4-19(7-10)8-13(15)20/h5,10H,2-4,6-9H2,1H3,(H2,15,20)(H,16,21)(H,17,18). The van der Waals surface area contributed by atoms with Crippen molar-refractivity contribution in [2.75, 3.05) is 26.7 Å². The van der Waals surface area contributed by atoms with Gasteiger partial charge in [0.25, 0.3) is 0 Å². The van der Waals surface area contributed by atoms with E-state index in [0.717, 1.165) is 30.8 Å². The van der Waals surface area contributed by atoms with E-state index in [2.05, 4.69) is 15.5 Å². The molecular weight excluding hydrogens is 286 g/mol. The monoisotopic (exact) mass is 309 g/mol. The van der Waals surface area contributed by atoms with E-state index in [1.54, 1.807) is 7.11 Å². The second-order valence-electron chi connectivity index (χ2n) is 5.58. The number of nitrogens with two attached hydrogens (primary N) is 1. The molecule has 2 amide bonds. The molecule has 8 heteroatoms. The quantitative estimate of drug-likeness (QED) is 0.620. The van der Waals surface area contributed by atoms with Gasteiger partial charge in [0.2, 0.25) is 11.8 Å². The van der Waals surface area contributed by atoms with Crippen LogP contribution in [-0.4, -0.2) is 53.7 Å². The van der Waals surface area contributed by atoms with Crippen LogP contribution in [-0.2, 0) is 27.5 Å². The smallest absolute Gasteiger partial charge is 0.231 e. The number of amides is 2. The molecule has 2 heterocycles. The fourth-order valence-corrected chi connectivity index (χ4v) is 2.68. The number of piperidine rings is 1. The molecule has 1 aromatic rings. The fourth-order valence-electron chi connectivity index (χ4n) is 2.68. The minimum atomic E-state index is -0.357. The Hall–Kier alpha value is -1.93. The molecule has 1 saturated heterocycles.